The van der Waals surface area contributed by atoms with Crippen LogP contribution in [0.1, 0.15) is 33.4 Å². The minimum atomic E-state index is -0.513. The maximum atomic E-state index is 5.22. The number of nitrogens with zero attached hydrogens (tertiary/aromatic N) is 2. The first-order valence-corrected chi connectivity index (χ1v) is 20.8. The van der Waals surface area contributed by atoms with Crippen molar-refractivity contribution < 1.29 is 0 Å². The second-order valence-corrected chi connectivity index (χ2v) is 15.9. The Morgan fingerprint density at radius 2 is 0.983 bits per heavy atom. The van der Waals surface area contributed by atoms with Crippen molar-refractivity contribution in [1.29, 1.82) is 0 Å². The normalized spacial score (nSPS) is 16.3. The maximum absolute atomic E-state index is 5.22. The van der Waals surface area contributed by atoms with Crippen LogP contribution in [-0.4, -0.2) is 11.9 Å². The summed E-state index contributed by atoms with van der Waals surface area (Å²) >= 11 is 0. The van der Waals surface area contributed by atoms with Crippen LogP contribution in [0.3, 0.4) is 0 Å². The topological polar surface area (TPSA) is 27.6 Å². The molecule has 60 heavy (non-hydrogen) atoms. The minimum absolute atomic E-state index is 0.0665. The van der Waals surface area contributed by atoms with Crippen LogP contribution in [0.15, 0.2) is 235 Å². The molecular weight excluding hydrogens is 727 g/mol. The Labute approximate surface area is 350 Å². The second kappa shape index (κ2) is 13.7. The molecule has 1 N–H and O–H groups in total. The molecule has 1 atom stereocenters. The first-order valence-electron chi connectivity index (χ1n) is 20.8. The van der Waals surface area contributed by atoms with E-state index in [1.165, 1.54) is 67.0 Å². The number of anilines is 3. The minimum Gasteiger partial charge on any atom is -0.359 e. The highest BCUT2D eigenvalue weighted by atomic mass is 15.2. The summed E-state index contributed by atoms with van der Waals surface area (Å²) in [5, 5.41) is 3.70. The number of amidine groups is 1. The predicted octanol–water partition coefficient (Wildman–Crippen LogP) is 13.4. The molecule has 2 heterocycles. The van der Waals surface area contributed by atoms with Crippen molar-refractivity contribution in [3.8, 4) is 33.4 Å². The zero-order chi connectivity index (χ0) is 39.6. The van der Waals surface area contributed by atoms with Gasteiger partial charge in [0.2, 0.25) is 0 Å². The highest BCUT2D eigenvalue weighted by Crippen LogP contribution is 2.63. The molecule has 3 nitrogen and oxygen atoms in total. The van der Waals surface area contributed by atoms with Crippen LogP contribution in [0.25, 0.3) is 39.1 Å². The molecule has 0 fully saturated rings. The van der Waals surface area contributed by atoms with Crippen molar-refractivity contribution in [2.75, 3.05) is 4.90 Å². The molecule has 0 saturated heterocycles. The summed E-state index contributed by atoms with van der Waals surface area (Å²) in [5.41, 5.74) is 20.0. The van der Waals surface area contributed by atoms with Gasteiger partial charge in [0, 0.05) is 22.4 Å². The molecule has 8 aromatic carbocycles. The lowest BCUT2D eigenvalue weighted by molar-refractivity contribution is 0.753. The van der Waals surface area contributed by atoms with Gasteiger partial charge in [0.1, 0.15) is 5.84 Å². The van der Waals surface area contributed by atoms with Crippen molar-refractivity contribution in [2.45, 2.75) is 11.5 Å². The smallest absolute Gasteiger partial charge is 0.134 e. The molecule has 0 radical (unpaired) electrons. The fourth-order valence-electron chi connectivity index (χ4n) is 10.1. The van der Waals surface area contributed by atoms with Crippen LogP contribution in [0.4, 0.5) is 17.1 Å². The Kier molecular flexibility index (Phi) is 7.82. The van der Waals surface area contributed by atoms with Gasteiger partial charge in [-0.15, -0.1) is 0 Å². The van der Waals surface area contributed by atoms with Gasteiger partial charge in [0.05, 0.1) is 28.5 Å². The molecule has 1 unspecified atom stereocenters. The van der Waals surface area contributed by atoms with Crippen LogP contribution >= 0.6 is 0 Å². The molecule has 282 valence electrons. The van der Waals surface area contributed by atoms with Crippen molar-refractivity contribution in [1.82, 2.24) is 5.32 Å². The summed E-state index contributed by atoms with van der Waals surface area (Å²) in [7, 11) is 0. The first-order chi connectivity index (χ1) is 29.8. The summed E-state index contributed by atoms with van der Waals surface area (Å²) in [6.45, 7) is 0. The van der Waals surface area contributed by atoms with Gasteiger partial charge in [-0.05, 0) is 86.0 Å². The average Bonchev–Trinajstić information content (AvgIpc) is 3.62. The van der Waals surface area contributed by atoms with Crippen molar-refractivity contribution in [3.05, 3.63) is 263 Å². The van der Waals surface area contributed by atoms with Gasteiger partial charge in [-0.3, -0.25) is 0 Å². The second-order valence-electron chi connectivity index (χ2n) is 15.9. The van der Waals surface area contributed by atoms with Crippen molar-refractivity contribution >= 4 is 28.6 Å². The van der Waals surface area contributed by atoms with Gasteiger partial charge in [-0.1, -0.05) is 194 Å². The molecule has 3 heteroatoms. The van der Waals surface area contributed by atoms with E-state index in [0.29, 0.717) is 0 Å². The molecule has 8 aromatic rings. The number of benzene rings is 8. The molecule has 0 aromatic heterocycles. The van der Waals surface area contributed by atoms with E-state index in [9.17, 15) is 0 Å². The molecule has 2 aliphatic carbocycles. The summed E-state index contributed by atoms with van der Waals surface area (Å²) in [5.74, 6) is 0.879. The van der Waals surface area contributed by atoms with Gasteiger partial charge in [-0.25, -0.2) is 4.99 Å². The van der Waals surface area contributed by atoms with Crippen molar-refractivity contribution in [3.63, 3.8) is 0 Å². The number of nitrogens with one attached hydrogen (secondary N) is 1. The Balaban J connectivity index is 0.989. The number of hydrogen-bond donors (Lipinski definition) is 1. The van der Waals surface area contributed by atoms with Gasteiger partial charge in [0.25, 0.3) is 0 Å². The lowest BCUT2D eigenvalue weighted by atomic mass is 9.64. The molecule has 1 spiro atoms. The number of para-hydroxylation sites is 3. The molecule has 0 saturated carbocycles. The highest BCUT2D eigenvalue weighted by molar-refractivity contribution is 6.05. The third-order valence-corrected chi connectivity index (χ3v) is 12.7. The SMILES string of the molecule is C1=CC2=C(c3ccccc3)N=C(c3ccc(-c4ccccc4-c4ccc5c(c4)C4(c6ccccc6-5)c5ccccc5N(c5ccccc5)c5ccccc54)cc3)NC2C=C1. The molecule has 0 amide bonds. The van der Waals surface area contributed by atoms with Gasteiger partial charge in [-0.2, -0.15) is 0 Å². The molecule has 2 aliphatic heterocycles. The van der Waals surface area contributed by atoms with Crippen LogP contribution in [-0.2, 0) is 5.41 Å². The van der Waals surface area contributed by atoms with E-state index in [4.69, 9.17) is 4.99 Å². The Morgan fingerprint density at radius 3 is 1.70 bits per heavy atom. The zero-order valence-electron chi connectivity index (χ0n) is 32.8. The molecule has 12 rings (SSSR count). The number of rotatable bonds is 5. The summed E-state index contributed by atoms with van der Waals surface area (Å²) < 4.78 is 0. The molecule has 0 bridgehead atoms. The number of hydrogen-bond acceptors (Lipinski definition) is 3. The molecule has 4 aliphatic rings. The largest absolute Gasteiger partial charge is 0.359 e. The highest BCUT2D eigenvalue weighted by Gasteiger charge is 2.51. The van der Waals surface area contributed by atoms with Crippen molar-refractivity contribution in [2.24, 2.45) is 4.99 Å². The van der Waals surface area contributed by atoms with Crippen LogP contribution < -0.4 is 10.2 Å². The fourth-order valence-corrected chi connectivity index (χ4v) is 10.1. The van der Waals surface area contributed by atoms with Crippen LogP contribution in [0.5, 0.6) is 0 Å². The van der Waals surface area contributed by atoms with Crippen LogP contribution in [0, 0.1) is 0 Å². The van der Waals surface area contributed by atoms with Gasteiger partial charge < -0.3 is 10.2 Å². The lowest BCUT2D eigenvalue weighted by Crippen LogP contribution is -2.39. The standard InChI is InChI=1S/C57H39N3/c1-3-17-39(18-4-1)55-47-24-10-14-28-52(47)58-56(59-55)40-33-31-38(32-34-40)43-21-7-8-22-44(43)41-35-36-46-45-23-9-11-25-48(45)57(51(46)37-41)49-26-12-15-29-53(49)60(42-19-5-2-6-20-42)54-30-16-13-27-50(54)57/h1-37,52H,(H,58,59). The summed E-state index contributed by atoms with van der Waals surface area (Å²) in [6.07, 6.45) is 8.58. The van der Waals surface area contributed by atoms with E-state index in [1.54, 1.807) is 0 Å². The quantitative estimate of drug-likeness (QED) is 0.189. The predicted molar refractivity (Wildman–Crippen MR) is 248 cm³/mol. The van der Waals surface area contributed by atoms with E-state index in [-0.39, 0.29) is 6.04 Å². The fraction of sp³-hybridized carbons (Fsp3) is 0.0351. The monoisotopic (exact) mass is 765 g/mol. The van der Waals surface area contributed by atoms with E-state index in [2.05, 4.69) is 235 Å². The maximum Gasteiger partial charge on any atom is 0.134 e. The zero-order valence-corrected chi connectivity index (χ0v) is 32.8. The van der Waals surface area contributed by atoms with Gasteiger partial charge in [0.15, 0.2) is 0 Å². The van der Waals surface area contributed by atoms with Gasteiger partial charge >= 0.3 is 0 Å². The number of fused-ring (bicyclic) bond motifs is 10. The third-order valence-electron chi connectivity index (χ3n) is 12.7. The average molecular weight is 766 g/mol. The molecular formula is C57H39N3. The number of allylic oxidation sites excluding steroid dienone is 2. The number of aliphatic imine (C=N–C) groups is 1. The van der Waals surface area contributed by atoms with E-state index < -0.39 is 5.41 Å². The van der Waals surface area contributed by atoms with E-state index in [1.807, 2.05) is 0 Å². The lowest BCUT2D eigenvalue weighted by Gasteiger charge is -2.45. The summed E-state index contributed by atoms with van der Waals surface area (Å²) in [6, 6.07) is 73.3. The van der Waals surface area contributed by atoms with E-state index in [0.717, 1.165) is 33.9 Å². The summed E-state index contributed by atoms with van der Waals surface area (Å²) in [4.78, 5) is 7.66. The van der Waals surface area contributed by atoms with Crippen LogP contribution in [0.2, 0.25) is 0 Å². The Bertz CT molecular complexity index is 3070. The third kappa shape index (κ3) is 5.12. The Morgan fingerprint density at radius 1 is 0.433 bits per heavy atom. The van der Waals surface area contributed by atoms with E-state index >= 15 is 0 Å². The first kappa shape index (κ1) is 34.3. The Hall–Kier alpha value is -7.75.